The van der Waals surface area contributed by atoms with E-state index < -0.39 is 12.2 Å². The lowest BCUT2D eigenvalue weighted by Crippen LogP contribution is -2.54. The highest BCUT2D eigenvalue weighted by Crippen LogP contribution is 2.56. The predicted octanol–water partition coefficient (Wildman–Crippen LogP) is 0.223. The maximum Gasteiger partial charge on any atom is 0.165 e. The molecule has 0 radical (unpaired) electrons. The molecule has 2 aliphatic rings. The van der Waals surface area contributed by atoms with Crippen molar-refractivity contribution in [1.82, 2.24) is 24.8 Å². The normalized spacial score (nSPS) is 35.6. The van der Waals surface area contributed by atoms with Crippen LogP contribution < -0.4 is 11.1 Å². The second-order valence-electron chi connectivity index (χ2n) is 7.21. The van der Waals surface area contributed by atoms with Gasteiger partial charge in [0.25, 0.3) is 0 Å². The molecule has 4 rings (SSSR count). The van der Waals surface area contributed by atoms with Crippen molar-refractivity contribution in [3.63, 3.8) is 0 Å². The van der Waals surface area contributed by atoms with Crippen molar-refractivity contribution in [3.8, 4) is 0 Å². The van der Waals surface area contributed by atoms with Crippen molar-refractivity contribution in [1.29, 1.82) is 0 Å². The molecular formula is C16H24N6O2. The Bertz CT molecular complexity index is 741. The number of aromatic nitrogens is 4. The van der Waals surface area contributed by atoms with Gasteiger partial charge in [-0.2, -0.15) is 0 Å². The fraction of sp³-hybridized carbons (Fsp3) is 0.688. The lowest BCUT2D eigenvalue weighted by atomic mass is 9.63. The van der Waals surface area contributed by atoms with Gasteiger partial charge in [-0.3, -0.25) is 0 Å². The molecule has 2 heterocycles. The molecule has 8 nitrogen and oxygen atoms in total. The Balaban J connectivity index is 1.58. The molecule has 3 atom stereocenters. The highest BCUT2D eigenvalue weighted by atomic mass is 16.3. The molecule has 5 N–H and O–H groups in total. The van der Waals surface area contributed by atoms with Gasteiger partial charge in [-0.1, -0.05) is 6.92 Å². The fourth-order valence-corrected chi connectivity index (χ4v) is 4.43. The highest BCUT2D eigenvalue weighted by Gasteiger charge is 2.59. The second-order valence-corrected chi connectivity index (χ2v) is 7.21. The number of hydrogen-bond acceptors (Lipinski definition) is 7. The quantitative estimate of drug-likeness (QED) is 0.632. The average Bonchev–Trinajstić information content (AvgIpc) is 3.07. The topological polar surface area (TPSA) is 122 Å². The van der Waals surface area contributed by atoms with E-state index in [9.17, 15) is 10.2 Å². The summed E-state index contributed by atoms with van der Waals surface area (Å²) < 4.78 is 1.84. The van der Waals surface area contributed by atoms with Gasteiger partial charge >= 0.3 is 0 Å². The monoisotopic (exact) mass is 332 g/mol. The number of anilines is 1. The van der Waals surface area contributed by atoms with Crippen LogP contribution >= 0.6 is 0 Å². The molecule has 2 aromatic rings. The molecule has 2 aromatic heterocycles. The number of nitrogen functional groups attached to an aromatic ring is 1. The molecule has 0 aliphatic heterocycles. The first kappa shape index (κ1) is 15.7. The number of fused-ring (bicyclic) bond motifs is 1. The van der Waals surface area contributed by atoms with Gasteiger partial charge in [0.2, 0.25) is 0 Å². The number of rotatable bonds is 4. The van der Waals surface area contributed by atoms with Gasteiger partial charge in [0.05, 0.1) is 18.5 Å². The minimum absolute atomic E-state index is 0.218. The summed E-state index contributed by atoms with van der Waals surface area (Å²) in [6.45, 7) is 3.13. The number of nitrogens with one attached hydrogen (secondary N) is 1. The van der Waals surface area contributed by atoms with Crippen molar-refractivity contribution in [2.24, 2.45) is 5.41 Å². The molecule has 1 spiro atoms. The Kier molecular flexibility index (Phi) is 3.70. The van der Waals surface area contributed by atoms with Crippen molar-refractivity contribution >= 4 is 17.0 Å². The Labute approximate surface area is 140 Å². The van der Waals surface area contributed by atoms with Crippen LogP contribution in [0.25, 0.3) is 11.2 Å². The van der Waals surface area contributed by atoms with Crippen LogP contribution in [0.1, 0.15) is 38.6 Å². The summed E-state index contributed by atoms with van der Waals surface area (Å²) in [4.78, 5) is 12.5. The van der Waals surface area contributed by atoms with Crippen LogP contribution in [0, 0.1) is 5.41 Å². The summed E-state index contributed by atoms with van der Waals surface area (Å²) in [5.74, 6) is 0.328. The summed E-state index contributed by atoms with van der Waals surface area (Å²) in [6.07, 6.45) is 5.09. The van der Waals surface area contributed by atoms with Crippen LogP contribution in [0.15, 0.2) is 12.7 Å². The van der Waals surface area contributed by atoms with Gasteiger partial charge in [-0.15, -0.1) is 0 Å². The van der Waals surface area contributed by atoms with E-state index in [4.69, 9.17) is 5.73 Å². The van der Waals surface area contributed by atoms with Crippen molar-refractivity contribution in [2.75, 3.05) is 12.3 Å². The molecule has 2 saturated carbocycles. The molecule has 2 aliphatic carbocycles. The lowest BCUT2D eigenvalue weighted by molar-refractivity contribution is -0.0729. The van der Waals surface area contributed by atoms with Crippen LogP contribution in [0.5, 0.6) is 0 Å². The second kappa shape index (κ2) is 5.65. The number of nitrogens with two attached hydrogens (primary N) is 1. The van der Waals surface area contributed by atoms with Gasteiger partial charge in [-0.05, 0) is 32.2 Å². The van der Waals surface area contributed by atoms with E-state index in [1.807, 2.05) is 4.57 Å². The summed E-state index contributed by atoms with van der Waals surface area (Å²) in [7, 11) is 0. The minimum Gasteiger partial charge on any atom is -0.390 e. The number of nitrogens with zero attached hydrogens (tertiary/aromatic N) is 4. The first-order valence-corrected chi connectivity index (χ1v) is 8.58. The SMILES string of the molecule is CCCN[C@H]1C[C@]2(C[C@@H](n3cnc4c(N)ncnc43)[C@H](O)[C@@H]2O)C1. The summed E-state index contributed by atoms with van der Waals surface area (Å²) in [6, 6.07) is 0.189. The molecule has 0 unspecified atom stereocenters. The van der Waals surface area contributed by atoms with Crippen LogP contribution in [-0.2, 0) is 0 Å². The molecule has 0 amide bonds. The average molecular weight is 332 g/mol. The van der Waals surface area contributed by atoms with E-state index >= 15 is 0 Å². The van der Waals surface area contributed by atoms with E-state index in [2.05, 4.69) is 27.2 Å². The predicted molar refractivity (Wildman–Crippen MR) is 89.2 cm³/mol. The van der Waals surface area contributed by atoms with Crippen LogP contribution in [-0.4, -0.2) is 54.5 Å². The minimum atomic E-state index is -0.828. The maximum atomic E-state index is 10.6. The number of aliphatic hydroxyl groups is 2. The first-order valence-electron chi connectivity index (χ1n) is 8.58. The molecule has 0 saturated heterocycles. The van der Waals surface area contributed by atoms with Crippen molar-refractivity contribution in [3.05, 3.63) is 12.7 Å². The van der Waals surface area contributed by atoms with Gasteiger partial charge in [0.15, 0.2) is 11.5 Å². The fourth-order valence-electron chi connectivity index (χ4n) is 4.43. The van der Waals surface area contributed by atoms with Crippen LogP contribution in [0.2, 0.25) is 0 Å². The van der Waals surface area contributed by atoms with Crippen molar-refractivity contribution < 1.29 is 10.2 Å². The van der Waals surface area contributed by atoms with E-state index in [0.29, 0.717) is 23.0 Å². The summed E-state index contributed by atoms with van der Waals surface area (Å²) in [5.41, 5.74) is 6.77. The molecule has 2 fully saturated rings. The zero-order chi connectivity index (χ0) is 16.9. The van der Waals surface area contributed by atoms with Gasteiger partial charge in [0.1, 0.15) is 17.9 Å². The Morgan fingerprint density at radius 1 is 1.29 bits per heavy atom. The third kappa shape index (κ3) is 2.21. The van der Waals surface area contributed by atoms with E-state index in [-0.39, 0.29) is 11.5 Å². The van der Waals surface area contributed by atoms with Gasteiger partial charge in [0, 0.05) is 11.5 Å². The van der Waals surface area contributed by atoms with Crippen LogP contribution in [0.3, 0.4) is 0 Å². The largest absolute Gasteiger partial charge is 0.390 e. The van der Waals surface area contributed by atoms with E-state index in [1.54, 1.807) is 6.33 Å². The summed E-state index contributed by atoms with van der Waals surface area (Å²) >= 11 is 0. The molecule has 8 heteroatoms. The summed E-state index contributed by atoms with van der Waals surface area (Å²) in [5, 5.41) is 24.8. The van der Waals surface area contributed by atoms with E-state index in [1.165, 1.54) is 6.33 Å². The zero-order valence-electron chi connectivity index (χ0n) is 13.8. The Morgan fingerprint density at radius 3 is 2.83 bits per heavy atom. The molecular weight excluding hydrogens is 308 g/mol. The number of imidazole rings is 1. The van der Waals surface area contributed by atoms with Gasteiger partial charge in [-0.25, -0.2) is 15.0 Å². The standard InChI is InChI=1S/C16H24N6O2/c1-2-3-18-9-4-16(5-9)6-10(12(23)13(16)24)22-8-21-11-14(17)19-7-20-15(11)22/h7-10,12-13,18,23-24H,2-6H2,1H3,(H2,17,19,20)/t9-,10-,12+,13+,16+/m1/s1. The van der Waals surface area contributed by atoms with E-state index in [0.717, 1.165) is 32.2 Å². The Hall–Kier alpha value is -1.77. The number of hydrogen-bond donors (Lipinski definition) is 4. The molecule has 0 bridgehead atoms. The third-order valence-electron chi connectivity index (χ3n) is 5.69. The Morgan fingerprint density at radius 2 is 2.08 bits per heavy atom. The molecule has 0 aromatic carbocycles. The molecule has 130 valence electrons. The van der Waals surface area contributed by atoms with Gasteiger partial charge < -0.3 is 25.8 Å². The number of aliphatic hydroxyl groups excluding tert-OH is 2. The van der Waals surface area contributed by atoms with Crippen molar-refractivity contribution in [2.45, 2.75) is 56.9 Å². The first-order chi connectivity index (χ1) is 11.6. The smallest absolute Gasteiger partial charge is 0.165 e. The molecule has 24 heavy (non-hydrogen) atoms. The third-order valence-corrected chi connectivity index (χ3v) is 5.69. The maximum absolute atomic E-state index is 10.6. The van der Waals surface area contributed by atoms with Crippen LogP contribution in [0.4, 0.5) is 5.82 Å². The lowest BCUT2D eigenvalue weighted by Gasteiger charge is -2.48. The highest BCUT2D eigenvalue weighted by molar-refractivity contribution is 5.81. The zero-order valence-corrected chi connectivity index (χ0v) is 13.8.